The van der Waals surface area contributed by atoms with Crippen LogP contribution in [0.15, 0.2) is 23.1 Å². The summed E-state index contributed by atoms with van der Waals surface area (Å²) in [5.74, 6) is -0.503. The number of nitrogens with zero attached hydrogens (tertiary/aromatic N) is 1. The topological polar surface area (TPSA) is 92.8 Å². The fourth-order valence-corrected chi connectivity index (χ4v) is 4.15. The number of nitrogens with one attached hydrogen (secondary N) is 1. The summed E-state index contributed by atoms with van der Waals surface area (Å²) in [5.41, 5.74) is 0.552. The quantitative estimate of drug-likeness (QED) is 0.623. The van der Waals surface area contributed by atoms with Gasteiger partial charge in [-0.15, -0.1) is 0 Å². The molecule has 1 amide bonds. The van der Waals surface area contributed by atoms with Gasteiger partial charge in [-0.2, -0.15) is 0 Å². The molecule has 0 aromatic heterocycles. The lowest BCUT2D eigenvalue weighted by Gasteiger charge is -2.30. The summed E-state index contributed by atoms with van der Waals surface area (Å²) < 4.78 is 29.2. The minimum absolute atomic E-state index is 0.0345. The molecule has 0 saturated heterocycles. The number of carbonyl (C=O) groups excluding carboxylic acids is 2. The second kappa shape index (κ2) is 7.03. The third-order valence-corrected chi connectivity index (χ3v) is 6.34. The lowest BCUT2D eigenvalue weighted by Crippen LogP contribution is -2.45. The van der Waals surface area contributed by atoms with Crippen LogP contribution in [0.5, 0.6) is 5.75 Å². The molecule has 1 fully saturated rings. The number of ether oxygens (including phenoxy) is 1. The highest BCUT2D eigenvalue weighted by Gasteiger charge is 2.28. The van der Waals surface area contributed by atoms with Gasteiger partial charge < -0.3 is 15.0 Å². The van der Waals surface area contributed by atoms with Crippen molar-refractivity contribution in [2.24, 2.45) is 0 Å². The van der Waals surface area contributed by atoms with E-state index in [1.165, 1.54) is 12.1 Å². The first-order chi connectivity index (χ1) is 11.9. The van der Waals surface area contributed by atoms with E-state index in [0.29, 0.717) is 5.69 Å². The van der Waals surface area contributed by atoms with Gasteiger partial charge >= 0.3 is 5.97 Å². The van der Waals surface area contributed by atoms with Gasteiger partial charge in [0.05, 0.1) is 22.9 Å². The van der Waals surface area contributed by atoms with Gasteiger partial charge in [0.15, 0.2) is 15.6 Å². The lowest BCUT2D eigenvalue weighted by molar-refractivity contribution is -0.133. The van der Waals surface area contributed by atoms with Crippen LogP contribution in [0.4, 0.5) is 5.69 Å². The molecule has 3 rings (SSSR count). The SMILES string of the molecule is CCS(=O)(=O)c1ccc2c(c1)OC(=O)CN2CC(=O)NC1CCCC1. The molecule has 7 nitrogen and oxygen atoms in total. The van der Waals surface area contributed by atoms with Crippen molar-refractivity contribution < 1.29 is 22.7 Å². The molecule has 1 aliphatic carbocycles. The zero-order valence-corrected chi connectivity index (χ0v) is 15.0. The first kappa shape index (κ1) is 17.7. The number of esters is 1. The van der Waals surface area contributed by atoms with Crippen LogP contribution in [-0.2, 0) is 19.4 Å². The molecular weight excluding hydrogens is 344 g/mol. The Labute approximate surface area is 147 Å². The van der Waals surface area contributed by atoms with E-state index in [9.17, 15) is 18.0 Å². The summed E-state index contributed by atoms with van der Waals surface area (Å²) in [7, 11) is -3.39. The van der Waals surface area contributed by atoms with Gasteiger partial charge in [0.1, 0.15) is 6.54 Å². The van der Waals surface area contributed by atoms with Crippen LogP contribution in [0.25, 0.3) is 0 Å². The Bertz CT molecular complexity index is 784. The number of amides is 1. The molecule has 1 aromatic rings. The van der Waals surface area contributed by atoms with Crippen LogP contribution in [-0.4, -0.2) is 45.2 Å². The zero-order valence-electron chi connectivity index (χ0n) is 14.2. The van der Waals surface area contributed by atoms with Crippen molar-refractivity contribution in [3.8, 4) is 5.75 Å². The van der Waals surface area contributed by atoms with E-state index in [-0.39, 0.29) is 41.4 Å². The highest BCUT2D eigenvalue weighted by molar-refractivity contribution is 7.91. The summed E-state index contributed by atoms with van der Waals surface area (Å²) in [6, 6.07) is 4.64. The van der Waals surface area contributed by atoms with E-state index in [1.54, 1.807) is 17.9 Å². The lowest BCUT2D eigenvalue weighted by atomic mass is 10.2. The third kappa shape index (κ3) is 3.95. The average molecular weight is 366 g/mol. The van der Waals surface area contributed by atoms with E-state index in [0.717, 1.165) is 25.7 Å². The Hall–Kier alpha value is -2.09. The van der Waals surface area contributed by atoms with Crippen LogP contribution in [0, 0.1) is 0 Å². The second-order valence-electron chi connectivity index (χ2n) is 6.41. The van der Waals surface area contributed by atoms with Crippen LogP contribution in [0.2, 0.25) is 0 Å². The molecule has 0 atom stereocenters. The average Bonchev–Trinajstić information content (AvgIpc) is 3.06. The number of sulfone groups is 1. The number of carbonyl (C=O) groups is 2. The molecule has 1 heterocycles. The van der Waals surface area contributed by atoms with Crippen LogP contribution in [0.1, 0.15) is 32.6 Å². The first-order valence-electron chi connectivity index (χ1n) is 8.51. The molecule has 1 aliphatic heterocycles. The molecule has 0 spiro atoms. The highest BCUT2D eigenvalue weighted by Crippen LogP contribution is 2.34. The minimum atomic E-state index is -3.39. The van der Waals surface area contributed by atoms with E-state index in [4.69, 9.17) is 4.74 Å². The maximum atomic E-state index is 12.3. The number of rotatable bonds is 5. The molecule has 0 bridgehead atoms. The summed E-state index contributed by atoms with van der Waals surface area (Å²) >= 11 is 0. The Morgan fingerprint density at radius 2 is 2.04 bits per heavy atom. The fourth-order valence-electron chi connectivity index (χ4n) is 3.25. The van der Waals surface area contributed by atoms with Crippen LogP contribution in [0.3, 0.4) is 0 Å². The third-order valence-electron chi connectivity index (χ3n) is 4.61. The van der Waals surface area contributed by atoms with E-state index >= 15 is 0 Å². The zero-order chi connectivity index (χ0) is 18.0. The van der Waals surface area contributed by atoms with Gasteiger partial charge in [0.2, 0.25) is 5.91 Å². The molecule has 1 N–H and O–H groups in total. The first-order valence-corrected chi connectivity index (χ1v) is 10.2. The Morgan fingerprint density at radius 3 is 2.72 bits per heavy atom. The van der Waals surface area contributed by atoms with Crippen molar-refractivity contribution in [3.05, 3.63) is 18.2 Å². The van der Waals surface area contributed by atoms with Gasteiger partial charge in [0, 0.05) is 12.1 Å². The highest BCUT2D eigenvalue weighted by atomic mass is 32.2. The smallest absolute Gasteiger partial charge is 0.331 e. The van der Waals surface area contributed by atoms with Crippen molar-refractivity contribution in [2.45, 2.75) is 43.5 Å². The molecule has 0 radical (unpaired) electrons. The molecule has 2 aliphatic rings. The molecule has 136 valence electrons. The molecule has 0 unspecified atom stereocenters. The molecule has 1 saturated carbocycles. The van der Waals surface area contributed by atoms with Crippen LogP contribution < -0.4 is 15.0 Å². The second-order valence-corrected chi connectivity index (χ2v) is 8.69. The fraction of sp³-hybridized carbons (Fsp3) is 0.529. The number of hydrogen-bond acceptors (Lipinski definition) is 6. The van der Waals surface area contributed by atoms with Crippen molar-refractivity contribution in [2.75, 3.05) is 23.7 Å². The molecule has 1 aromatic carbocycles. The maximum Gasteiger partial charge on any atom is 0.331 e. The van der Waals surface area contributed by atoms with Crippen molar-refractivity contribution >= 4 is 27.4 Å². The monoisotopic (exact) mass is 366 g/mol. The largest absolute Gasteiger partial charge is 0.423 e. The summed E-state index contributed by atoms with van der Waals surface area (Å²) in [4.78, 5) is 25.8. The van der Waals surface area contributed by atoms with Gasteiger partial charge in [0.25, 0.3) is 0 Å². The van der Waals surface area contributed by atoms with E-state index in [1.807, 2.05) is 0 Å². The maximum absolute atomic E-state index is 12.3. The predicted molar refractivity (Wildman–Crippen MR) is 92.4 cm³/mol. The summed E-state index contributed by atoms with van der Waals surface area (Å²) in [6.45, 7) is 1.56. The minimum Gasteiger partial charge on any atom is -0.423 e. The van der Waals surface area contributed by atoms with Gasteiger partial charge in [-0.05, 0) is 25.0 Å². The van der Waals surface area contributed by atoms with E-state index < -0.39 is 15.8 Å². The number of fused-ring (bicyclic) bond motifs is 1. The Balaban J connectivity index is 1.79. The predicted octanol–water partition coefficient (Wildman–Crippen LogP) is 1.26. The molecule has 8 heteroatoms. The number of anilines is 1. The van der Waals surface area contributed by atoms with Gasteiger partial charge in [-0.1, -0.05) is 19.8 Å². The standard InChI is InChI=1S/C17H22N2O5S/c1-2-25(22,23)13-7-8-14-15(9-13)24-17(21)11-19(14)10-16(20)18-12-5-3-4-6-12/h7-9,12H,2-6,10-11H2,1H3,(H,18,20). The van der Waals surface area contributed by atoms with E-state index in [2.05, 4.69) is 5.32 Å². The Morgan fingerprint density at radius 1 is 1.32 bits per heavy atom. The molecule has 25 heavy (non-hydrogen) atoms. The summed E-state index contributed by atoms with van der Waals surface area (Å²) in [5, 5.41) is 2.99. The van der Waals surface area contributed by atoms with Gasteiger partial charge in [-0.25, -0.2) is 13.2 Å². The normalized spacial score (nSPS) is 18.0. The Kier molecular flexibility index (Phi) is 4.99. The summed E-state index contributed by atoms with van der Waals surface area (Å²) in [6.07, 6.45) is 4.22. The van der Waals surface area contributed by atoms with Crippen molar-refractivity contribution in [1.82, 2.24) is 5.32 Å². The number of hydrogen-bond donors (Lipinski definition) is 1. The van der Waals surface area contributed by atoms with Crippen LogP contribution >= 0.6 is 0 Å². The van der Waals surface area contributed by atoms with Crippen molar-refractivity contribution in [1.29, 1.82) is 0 Å². The number of benzene rings is 1. The molecular formula is C17H22N2O5S. The van der Waals surface area contributed by atoms with Gasteiger partial charge in [-0.3, -0.25) is 4.79 Å². The van der Waals surface area contributed by atoms with Crippen molar-refractivity contribution in [3.63, 3.8) is 0 Å².